The van der Waals surface area contributed by atoms with Crippen molar-refractivity contribution in [3.63, 3.8) is 0 Å². The third-order valence-corrected chi connectivity index (χ3v) is 6.76. The number of carbonyl (C=O) groups is 1. The van der Waals surface area contributed by atoms with Gasteiger partial charge in [-0.05, 0) is 24.8 Å². The van der Waals surface area contributed by atoms with E-state index in [0.717, 1.165) is 32.4 Å². The van der Waals surface area contributed by atoms with E-state index in [2.05, 4.69) is 46.6 Å². The summed E-state index contributed by atoms with van der Waals surface area (Å²) in [5.41, 5.74) is 0.857. The minimum absolute atomic E-state index is 0.169. The van der Waals surface area contributed by atoms with Gasteiger partial charge in [-0.1, -0.05) is 61.7 Å². The molecule has 5 rings (SSSR count). The molecule has 3 fully saturated rings. The van der Waals surface area contributed by atoms with E-state index < -0.39 is 5.60 Å². The molecule has 138 valence electrons. The predicted molar refractivity (Wildman–Crippen MR) is 101 cm³/mol. The van der Waals surface area contributed by atoms with E-state index in [0.29, 0.717) is 12.0 Å². The fourth-order valence-electron chi connectivity index (χ4n) is 5.56. The van der Waals surface area contributed by atoms with E-state index in [1.807, 2.05) is 6.07 Å². The first-order chi connectivity index (χ1) is 12.7. The van der Waals surface area contributed by atoms with Gasteiger partial charge >= 0.3 is 0 Å². The number of nitrogens with one attached hydrogen (secondary N) is 1. The van der Waals surface area contributed by atoms with Gasteiger partial charge in [0.05, 0.1) is 6.10 Å². The summed E-state index contributed by atoms with van der Waals surface area (Å²) in [6.07, 6.45) is 11.6. The van der Waals surface area contributed by atoms with Gasteiger partial charge < -0.3 is 10.1 Å². The van der Waals surface area contributed by atoms with Crippen LogP contribution in [0.25, 0.3) is 0 Å². The number of hydrogen-bond acceptors (Lipinski definition) is 3. The number of ether oxygens (including phenoxy) is 1. The second-order valence-electron chi connectivity index (χ2n) is 8.46. The average molecular weight is 352 g/mol. The monoisotopic (exact) mass is 352 g/mol. The minimum Gasteiger partial charge on any atom is -0.361 e. The van der Waals surface area contributed by atoms with Crippen LogP contribution < -0.4 is 5.32 Å². The molecule has 4 atom stereocenters. The van der Waals surface area contributed by atoms with Crippen molar-refractivity contribution in [3.8, 4) is 0 Å². The highest BCUT2D eigenvalue weighted by Crippen LogP contribution is 2.51. The van der Waals surface area contributed by atoms with Gasteiger partial charge in [0.2, 0.25) is 5.91 Å². The first-order valence-electron chi connectivity index (χ1n) is 10.2. The standard InChI is InChI=1S/C22H28N2O2/c25-21(23-18-9-5-2-6-10-18)20-22-12-11-19(26-22)13-17(22)15-24(20)14-16-7-3-1-4-8-16/h1,3-4,7-8,11-12,17-20H,2,5-6,9-10,13-15H2,(H,23,25). The van der Waals surface area contributed by atoms with Crippen LogP contribution in [0.3, 0.4) is 0 Å². The summed E-state index contributed by atoms with van der Waals surface area (Å²) < 4.78 is 6.36. The highest BCUT2D eigenvalue weighted by atomic mass is 16.5. The topological polar surface area (TPSA) is 41.6 Å². The zero-order chi connectivity index (χ0) is 17.6. The SMILES string of the molecule is O=C(NC1CCCCC1)C1N(Cc2ccccc2)CC2CC3C=CC21O3. The fraction of sp³-hybridized carbons (Fsp3) is 0.591. The molecule has 1 amide bonds. The average Bonchev–Trinajstić information content (AvgIpc) is 3.30. The van der Waals surface area contributed by atoms with Crippen molar-refractivity contribution in [1.29, 1.82) is 0 Å². The molecule has 3 heterocycles. The van der Waals surface area contributed by atoms with Gasteiger partial charge in [0.25, 0.3) is 0 Å². The van der Waals surface area contributed by atoms with Crippen LogP contribution in [0.1, 0.15) is 44.1 Å². The molecule has 4 nitrogen and oxygen atoms in total. The van der Waals surface area contributed by atoms with Gasteiger partial charge in [-0.15, -0.1) is 0 Å². The quantitative estimate of drug-likeness (QED) is 0.847. The molecule has 1 saturated carbocycles. The lowest BCUT2D eigenvalue weighted by molar-refractivity contribution is -0.133. The summed E-state index contributed by atoms with van der Waals surface area (Å²) in [7, 11) is 0. The van der Waals surface area contributed by atoms with E-state index >= 15 is 0 Å². The van der Waals surface area contributed by atoms with Crippen LogP contribution in [-0.2, 0) is 16.1 Å². The van der Waals surface area contributed by atoms with Crippen molar-refractivity contribution in [2.45, 2.75) is 68.9 Å². The highest BCUT2D eigenvalue weighted by molar-refractivity contribution is 5.85. The van der Waals surface area contributed by atoms with Crippen molar-refractivity contribution >= 4 is 5.91 Å². The fourth-order valence-corrected chi connectivity index (χ4v) is 5.56. The largest absolute Gasteiger partial charge is 0.361 e. The van der Waals surface area contributed by atoms with Crippen LogP contribution in [0.5, 0.6) is 0 Å². The molecule has 0 radical (unpaired) electrons. The normalized spacial score (nSPS) is 36.4. The Morgan fingerprint density at radius 2 is 2.00 bits per heavy atom. The van der Waals surface area contributed by atoms with E-state index in [1.54, 1.807) is 0 Å². The Kier molecular flexibility index (Phi) is 4.13. The number of benzene rings is 1. The lowest BCUT2D eigenvalue weighted by Gasteiger charge is -2.34. The lowest BCUT2D eigenvalue weighted by Crippen LogP contribution is -2.56. The first-order valence-corrected chi connectivity index (χ1v) is 10.2. The molecule has 0 aromatic heterocycles. The number of likely N-dealkylation sites (tertiary alicyclic amines) is 1. The Labute approximate surface area is 155 Å². The molecule has 4 unspecified atom stereocenters. The van der Waals surface area contributed by atoms with Crippen molar-refractivity contribution < 1.29 is 9.53 Å². The number of carbonyl (C=O) groups excluding carboxylic acids is 1. The summed E-state index contributed by atoms with van der Waals surface area (Å²) in [5.74, 6) is 0.603. The maximum atomic E-state index is 13.4. The van der Waals surface area contributed by atoms with Crippen molar-refractivity contribution in [3.05, 3.63) is 48.0 Å². The molecule has 2 bridgehead atoms. The molecule has 2 saturated heterocycles. The second-order valence-corrected chi connectivity index (χ2v) is 8.46. The second kappa shape index (κ2) is 6.50. The molecule has 1 N–H and O–H groups in total. The van der Waals surface area contributed by atoms with Gasteiger partial charge in [-0.25, -0.2) is 0 Å². The molecular weight excluding hydrogens is 324 g/mol. The third kappa shape index (κ3) is 2.71. The Balaban J connectivity index is 1.39. The van der Waals surface area contributed by atoms with Gasteiger partial charge in [-0.3, -0.25) is 9.69 Å². The van der Waals surface area contributed by atoms with Crippen molar-refractivity contribution in [2.75, 3.05) is 6.54 Å². The van der Waals surface area contributed by atoms with Gasteiger partial charge in [-0.2, -0.15) is 0 Å². The zero-order valence-electron chi connectivity index (χ0n) is 15.3. The number of hydrogen-bond donors (Lipinski definition) is 1. The molecule has 1 spiro atoms. The first kappa shape index (κ1) is 16.5. The van der Waals surface area contributed by atoms with E-state index in [9.17, 15) is 4.79 Å². The van der Waals surface area contributed by atoms with E-state index in [4.69, 9.17) is 4.74 Å². The molecule has 1 aromatic carbocycles. The zero-order valence-corrected chi connectivity index (χ0v) is 15.3. The number of nitrogens with zero attached hydrogens (tertiary/aromatic N) is 1. The summed E-state index contributed by atoms with van der Waals surface area (Å²) in [6, 6.07) is 10.6. The van der Waals surface area contributed by atoms with E-state index in [1.165, 1.54) is 24.8 Å². The van der Waals surface area contributed by atoms with Crippen molar-refractivity contribution in [1.82, 2.24) is 10.2 Å². The molecule has 4 aliphatic rings. The predicted octanol–water partition coefficient (Wildman–Crippen LogP) is 3.03. The summed E-state index contributed by atoms with van der Waals surface area (Å²) in [4.78, 5) is 15.7. The molecule has 1 aliphatic carbocycles. The third-order valence-electron chi connectivity index (χ3n) is 6.76. The summed E-state index contributed by atoms with van der Waals surface area (Å²) in [5, 5.41) is 3.37. The van der Waals surface area contributed by atoms with Gasteiger partial charge in [0.1, 0.15) is 11.6 Å². The molecule has 4 heteroatoms. The number of fused-ring (bicyclic) bond motifs is 1. The maximum Gasteiger partial charge on any atom is 0.240 e. The molecule has 3 aliphatic heterocycles. The molecular formula is C22H28N2O2. The van der Waals surface area contributed by atoms with Gasteiger partial charge in [0, 0.05) is 25.0 Å². The maximum absolute atomic E-state index is 13.4. The van der Waals surface area contributed by atoms with Crippen LogP contribution in [-0.4, -0.2) is 41.1 Å². The van der Waals surface area contributed by atoms with E-state index in [-0.39, 0.29) is 18.1 Å². The Bertz CT molecular complexity index is 697. The van der Waals surface area contributed by atoms with Crippen LogP contribution in [0.4, 0.5) is 0 Å². The lowest BCUT2D eigenvalue weighted by atomic mass is 9.81. The summed E-state index contributed by atoms with van der Waals surface area (Å²) >= 11 is 0. The number of rotatable bonds is 4. The van der Waals surface area contributed by atoms with Crippen LogP contribution >= 0.6 is 0 Å². The smallest absolute Gasteiger partial charge is 0.240 e. The van der Waals surface area contributed by atoms with Crippen LogP contribution in [0.2, 0.25) is 0 Å². The molecule has 26 heavy (non-hydrogen) atoms. The summed E-state index contributed by atoms with van der Waals surface area (Å²) in [6.45, 7) is 1.75. The Hall–Kier alpha value is -1.65. The van der Waals surface area contributed by atoms with Gasteiger partial charge in [0.15, 0.2) is 0 Å². The minimum atomic E-state index is -0.405. The Morgan fingerprint density at radius 3 is 2.77 bits per heavy atom. The highest BCUT2D eigenvalue weighted by Gasteiger charge is 2.63. The Morgan fingerprint density at radius 1 is 1.19 bits per heavy atom. The van der Waals surface area contributed by atoms with Crippen LogP contribution in [0.15, 0.2) is 42.5 Å². The molecule has 1 aromatic rings. The number of amides is 1. The van der Waals surface area contributed by atoms with Crippen molar-refractivity contribution in [2.24, 2.45) is 5.92 Å². The van der Waals surface area contributed by atoms with Crippen LogP contribution in [0, 0.1) is 5.92 Å².